The molecule has 1 saturated heterocycles. The van der Waals surface area contributed by atoms with E-state index in [4.69, 9.17) is 0 Å². The van der Waals surface area contributed by atoms with Gasteiger partial charge in [0.05, 0.1) is 0 Å². The van der Waals surface area contributed by atoms with Gasteiger partial charge in [-0.1, -0.05) is 13.0 Å². The summed E-state index contributed by atoms with van der Waals surface area (Å²) in [5.41, 5.74) is 1.44. The van der Waals surface area contributed by atoms with E-state index in [1.807, 2.05) is 35.2 Å². The average molecular weight is 339 g/mol. The van der Waals surface area contributed by atoms with Crippen LogP contribution in [0.5, 0.6) is 0 Å². The van der Waals surface area contributed by atoms with E-state index in [9.17, 15) is 4.79 Å². The monoisotopic (exact) mass is 339 g/mol. The van der Waals surface area contributed by atoms with Crippen LogP contribution in [0, 0.1) is 0 Å². The number of amides is 1. The second kappa shape index (κ2) is 7.96. The number of nitrogens with one attached hydrogen (secondary N) is 1. The summed E-state index contributed by atoms with van der Waals surface area (Å²) in [7, 11) is 0. The number of aromatic nitrogens is 2. The predicted molar refractivity (Wildman–Crippen MR) is 100.0 cm³/mol. The van der Waals surface area contributed by atoms with Crippen molar-refractivity contribution in [1.82, 2.24) is 14.9 Å². The number of hydrogen-bond donors (Lipinski definition) is 1. The first-order valence-electron chi connectivity index (χ1n) is 8.85. The molecule has 1 aliphatic heterocycles. The van der Waals surface area contributed by atoms with Crippen molar-refractivity contribution in [1.29, 1.82) is 0 Å². The van der Waals surface area contributed by atoms with Crippen LogP contribution in [0.3, 0.4) is 0 Å². The van der Waals surface area contributed by atoms with Crippen LogP contribution in [-0.4, -0.2) is 53.0 Å². The number of carbonyl (C=O) groups is 1. The first-order valence-corrected chi connectivity index (χ1v) is 8.85. The third-order valence-electron chi connectivity index (χ3n) is 4.54. The second-order valence-corrected chi connectivity index (χ2v) is 6.35. The summed E-state index contributed by atoms with van der Waals surface area (Å²) in [6, 6.07) is 10.0. The zero-order valence-corrected chi connectivity index (χ0v) is 14.9. The van der Waals surface area contributed by atoms with Crippen LogP contribution < -0.4 is 10.2 Å². The number of anilines is 2. The van der Waals surface area contributed by atoms with Crippen molar-refractivity contribution in [3.05, 3.63) is 48.4 Å². The van der Waals surface area contributed by atoms with Crippen LogP contribution in [0.1, 0.15) is 30.8 Å². The van der Waals surface area contributed by atoms with Crippen molar-refractivity contribution in [2.24, 2.45) is 0 Å². The Hall–Kier alpha value is -2.63. The van der Waals surface area contributed by atoms with Gasteiger partial charge in [0.2, 0.25) is 0 Å². The van der Waals surface area contributed by atoms with E-state index in [-0.39, 0.29) is 5.91 Å². The van der Waals surface area contributed by atoms with Gasteiger partial charge in [-0.25, -0.2) is 4.98 Å². The highest BCUT2D eigenvalue weighted by atomic mass is 16.2. The molecule has 1 amide bonds. The molecule has 25 heavy (non-hydrogen) atoms. The Labute approximate surface area is 148 Å². The molecule has 6 nitrogen and oxygen atoms in total. The largest absolute Gasteiger partial charge is 0.382 e. The van der Waals surface area contributed by atoms with Gasteiger partial charge in [0.25, 0.3) is 5.91 Å². The number of pyridine rings is 2. The first kappa shape index (κ1) is 17.2. The van der Waals surface area contributed by atoms with Gasteiger partial charge < -0.3 is 15.1 Å². The van der Waals surface area contributed by atoms with Gasteiger partial charge in [0.1, 0.15) is 11.5 Å². The quantitative estimate of drug-likeness (QED) is 0.907. The Balaban J connectivity index is 1.62. The molecule has 3 rings (SSSR count). The van der Waals surface area contributed by atoms with Crippen LogP contribution >= 0.6 is 0 Å². The molecule has 1 fully saturated rings. The summed E-state index contributed by atoms with van der Waals surface area (Å²) < 4.78 is 0. The van der Waals surface area contributed by atoms with Gasteiger partial charge >= 0.3 is 0 Å². The van der Waals surface area contributed by atoms with Crippen molar-refractivity contribution < 1.29 is 4.79 Å². The minimum atomic E-state index is -0.00604. The van der Waals surface area contributed by atoms with Gasteiger partial charge in [-0.05, 0) is 37.6 Å². The maximum atomic E-state index is 12.8. The average Bonchev–Trinajstić information content (AvgIpc) is 2.68. The molecular formula is C19H25N5O. The van der Waals surface area contributed by atoms with Gasteiger partial charge in [0.15, 0.2) is 0 Å². The maximum absolute atomic E-state index is 12.8. The summed E-state index contributed by atoms with van der Waals surface area (Å²) in [5, 5.41) is 3.39. The summed E-state index contributed by atoms with van der Waals surface area (Å²) in [4.78, 5) is 25.5. The Bertz CT molecular complexity index is 698. The smallest absolute Gasteiger partial charge is 0.272 e. The highest BCUT2D eigenvalue weighted by molar-refractivity contribution is 5.93. The molecule has 0 saturated carbocycles. The molecule has 2 aromatic heterocycles. The topological polar surface area (TPSA) is 61.4 Å². The molecule has 1 unspecified atom stereocenters. The summed E-state index contributed by atoms with van der Waals surface area (Å²) in [6.07, 6.45) is 4.52. The van der Waals surface area contributed by atoms with Crippen LogP contribution in [0.25, 0.3) is 0 Å². The lowest BCUT2D eigenvalue weighted by molar-refractivity contribution is 0.0740. The minimum absolute atomic E-state index is 0.00604. The van der Waals surface area contributed by atoms with Crippen molar-refractivity contribution in [2.45, 2.75) is 26.3 Å². The number of hydrogen-bond acceptors (Lipinski definition) is 5. The van der Waals surface area contributed by atoms with Gasteiger partial charge in [-0.15, -0.1) is 0 Å². The third kappa shape index (κ3) is 4.26. The maximum Gasteiger partial charge on any atom is 0.272 e. The van der Waals surface area contributed by atoms with E-state index in [1.54, 1.807) is 12.4 Å². The molecule has 0 spiro atoms. The van der Waals surface area contributed by atoms with Crippen LogP contribution in [-0.2, 0) is 0 Å². The highest BCUT2D eigenvalue weighted by Crippen LogP contribution is 2.16. The Morgan fingerprint density at radius 1 is 1.16 bits per heavy atom. The lowest BCUT2D eigenvalue weighted by atomic mass is 10.2. The minimum Gasteiger partial charge on any atom is -0.382 e. The number of piperazine rings is 1. The predicted octanol–water partition coefficient (Wildman–Crippen LogP) is 2.65. The van der Waals surface area contributed by atoms with Gasteiger partial charge in [0, 0.05) is 50.3 Å². The summed E-state index contributed by atoms with van der Waals surface area (Å²) in [6.45, 7) is 7.19. The van der Waals surface area contributed by atoms with Gasteiger partial charge in [-0.2, -0.15) is 0 Å². The molecule has 0 aliphatic carbocycles. The standard InChI is InChI=1S/C19H25N5O/c1-3-15(2)22-16-7-9-20-17(14-16)19(25)24-12-10-23(11-13-24)18-6-4-5-8-21-18/h4-9,14-15H,3,10-13H2,1-2H3,(H,20,22). The number of rotatable bonds is 5. The zero-order valence-electron chi connectivity index (χ0n) is 14.9. The lowest BCUT2D eigenvalue weighted by Gasteiger charge is -2.35. The Kier molecular flexibility index (Phi) is 5.48. The fraction of sp³-hybridized carbons (Fsp3) is 0.421. The van der Waals surface area contributed by atoms with E-state index in [0.717, 1.165) is 31.0 Å². The fourth-order valence-corrected chi connectivity index (χ4v) is 2.87. The molecule has 1 N–H and O–H groups in total. The normalized spacial score (nSPS) is 15.8. The van der Waals surface area contributed by atoms with E-state index in [0.29, 0.717) is 24.8 Å². The van der Waals surface area contributed by atoms with E-state index in [1.165, 1.54) is 0 Å². The SMILES string of the molecule is CCC(C)Nc1ccnc(C(=O)N2CCN(c3ccccn3)CC2)c1. The lowest BCUT2D eigenvalue weighted by Crippen LogP contribution is -2.49. The molecule has 3 heterocycles. The molecular weight excluding hydrogens is 314 g/mol. The molecule has 1 aliphatic rings. The molecule has 0 bridgehead atoms. The van der Waals surface area contributed by atoms with Crippen molar-refractivity contribution >= 4 is 17.4 Å². The highest BCUT2D eigenvalue weighted by Gasteiger charge is 2.23. The molecule has 1 atom stereocenters. The molecule has 2 aromatic rings. The second-order valence-electron chi connectivity index (χ2n) is 6.35. The van der Waals surface area contributed by atoms with Gasteiger partial charge in [-0.3, -0.25) is 9.78 Å². The summed E-state index contributed by atoms with van der Waals surface area (Å²) in [5.74, 6) is 0.959. The fourth-order valence-electron chi connectivity index (χ4n) is 2.87. The van der Waals surface area contributed by atoms with E-state index >= 15 is 0 Å². The van der Waals surface area contributed by atoms with Crippen molar-refractivity contribution in [3.8, 4) is 0 Å². The third-order valence-corrected chi connectivity index (χ3v) is 4.54. The Morgan fingerprint density at radius 2 is 1.96 bits per heavy atom. The van der Waals surface area contributed by atoms with Crippen molar-refractivity contribution in [3.63, 3.8) is 0 Å². The van der Waals surface area contributed by atoms with Crippen molar-refractivity contribution in [2.75, 3.05) is 36.4 Å². The Morgan fingerprint density at radius 3 is 2.64 bits per heavy atom. The molecule has 6 heteroatoms. The van der Waals surface area contributed by atoms with Crippen LogP contribution in [0.15, 0.2) is 42.7 Å². The van der Waals surface area contributed by atoms with Crippen LogP contribution in [0.2, 0.25) is 0 Å². The molecule has 0 radical (unpaired) electrons. The number of carbonyl (C=O) groups excluding carboxylic acids is 1. The van der Waals surface area contributed by atoms with Crippen LogP contribution in [0.4, 0.5) is 11.5 Å². The molecule has 0 aromatic carbocycles. The first-order chi connectivity index (χ1) is 12.2. The zero-order chi connectivity index (χ0) is 17.6. The van der Waals surface area contributed by atoms with E-state index in [2.05, 4.69) is 34.0 Å². The number of nitrogens with zero attached hydrogens (tertiary/aromatic N) is 4. The van der Waals surface area contributed by atoms with E-state index < -0.39 is 0 Å². The summed E-state index contributed by atoms with van der Waals surface area (Å²) >= 11 is 0. The molecule has 132 valence electrons.